The lowest BCUT2D eigenvalue weighted by atomic mass is 10.2. The molecule has 23 heavy (non-hydrogen) atoms. The molecule has 1 N–H and O–H groups in total. The molecule has 0 aliphatic heterocycles. The van der Waals surface area contributed by atoms with E-state index >= 15 is 0 Å². The van der Waals surface area contributed by atoms with Crippen LogP contribution in [0.2, 0.25) is 5.28 Å². The topological polar surface area (TPSA) is 63.1 Å². The molecule has 1 rings (SSSR count). The van der Waals surface area contributed by atoms with Gasteiger partial charge in [-0.15, -0.1) is 0 Å². The largest absolute Gasteiger partial charge is 0.429 e. The predicted molar refractivity (Wildman–Crippen MR) is 72.0 cm³/mol. The zero-order valence-corrected chi connectivity index (χ0v) is 12.7. The Labute approximate surface area is 132 Å². The molecule has 0 bridgehead atoms. The first-order valence-electron chi connectivity index (χ1n) is 6.37. The van der Waals surface area contributed by atoms with Gasteiger partial charge < -0.3 is 5.32 Å². The Kier molecular flexibility index (Phi) is 6.14. The maximum Gasteiger partial charge on any atom is 0.429 e. The van der Waals surface area contributed by atoms with Crippen LogP contribution in [0, 0.1) is 0 Å². The van der Waals surface area contributed by atoms with E-state index < -0.39 is 47.7 Å². The fraction of sp³-hybridized carbons (Fsp3) is 0.636. The van der Waals surface area contributed by atoms with E-state index in [0.29, 0.717) is 0 Å². The maximum atomic E-state index is 12.7. The standard InChI is InChI=1S/C11H12ClF6N5/c1-3-5(10(13,14)15)19-8-21-7(12)22-9(23-8)20-6(4-2)11(16,17)18/h5H,3-4H2,1-2H3,(H,19,21,22,23)/t5-/m1/s1. The van der Waals surface area contributed by atoms with Crippen molar-refractivity contribution >= 4 is 29.2 Å². The fourth-order valence-electron chi connectivity index (χ4n) is 1.49. The van der Waals surface area contributed by atoms with E-state index in [1.807, 2.05) is 5.32 Å². The Morgan fingerprint density at radius 3 is 2.17 bits per heavy atom. The van der Waals surface area contributed by atoms with Crippen LogP contribution in [0.15, 0.2) is 4.99 Å². The van der Waals surface area contributed by atoms with Crippen molar-refractivity contribution in [2.24, 2.45) is 4.99 Å². The number of nitrogens with zero attached hydrogens (tertiary/aromatic N) is 4. The first-order chi connectivity index (χ1) is 10.5. The summed E-state index contributed by atoms with van der Waals surface area (Å²) in [6.07, 6.45) is -10.1. The summed E-state index contributed by atoms with van der Waals surface area (Å²) in [6, 6.07) is -1.98. The van der Waals surface area contributed by atoms with Gasteiger partial charge in [0.15, 0.2) is 0 Å². The van der Waals surface area contributed by atoms with Crippen molar-refractivity contribution in [3.05, 3.63) is 5.28 Å². The molecule has 12 heteroatoms. The minimum atomic E-state index is -4.71. The van der Waals surface area contributed by atoms with Crippen LogP contribution < -0.4 is 5.32 Å². The molecule has 130 valence electrons. The number of rotatable bonds is 5. The van der Waals surface area contributed by atoms with Gasteiger partial charge in [-0.05, 0) is 24.4 Å². The lowest BCUT2D eigenvalue weighted by Gasteiger charge is -2.19. The zero-order valence-electron chi connectivity index (χ0n) is 11.9. The molecule has 1 aromatic heterocycles. The highest BCUT2D eigenvalue weighted by molar-refractivity contribution is 6.28. The van der Waals surface area contributed by atoms with Crippen molar-refractivity contribution in [2.75, 3.05) is 5.32 Å². The SMILES string of the molecule is CCC(=Nc1nc(Cl)nc(N[C@H](CC)C(F)(F)F)n1)C(F)(F)F. The molecule has 1 atom stereocenters. The van der Waals surface area contributed by atoms with E-state index in [1.165, 1.54) is 13.8 Å². The van der Waals surface area contributed by atoms with Crippen molar-refractivity contribution in [3.63, 3.8) is 0 Å². The van der Waals surface area contributed by atoms with E-state index in [2.05, 4.69) is 19.9 Å². The van der Waals surface area contributed by atoms with Gasteiger partial charge in [-0.25, -0.2) is 4.99 Å². The minimum Gasteiger partial charge on any atom is -0.342 e. The molecule has 5 nitrogen and oxygen atoms in total. The summed E-state index contributed by atoms with van der Waals surface area (Å²) in [5, 5.41) is 1.38. The normalized spacial score (nSPS) is 14.7. The van der Waals surface area contributed by atoms with Crippen molar-refractivity contribution in [1.29, 1.82) is 0 Å². The maximum absolute atomic E-state index is 12.7. The number of hydrogen-bond acceptors (Lipinski definition) is 5. The van der Waals surface area contributed by atoms with Gasteiger partial charge in [0, 0.05) is 0 Å². The van der Waals surface area contributed by atoms with Crippen LogP contribution >= 0.6 is 11.6 Å². The number of anilines is 1. The Bertz CT molecular complexity index is 571. The smallest absolute Gasteiger partial charge is 0.342 e. The summed E-state index contributed by atoms with van der Waals surface area (Å²) in [7, 11) is 0. The van der Waals surface area contributed by atoms with Gasteiger partial charge in [-0.3, -0.25) is 0 Å². The molecule has 1 heterocycles. The van der Waals surface area contributed by atoms with E-state index in [-0.39, 0.29) is 6.42 Å². The van der Waals surface area contributed by atoms with Crippen molar-refractivity contribution in [3.8, 4) is 0 Å². The van der Waals surface area contributed by atoms with Gasteiger partial charge in [0.1, 0.15) is 11.8 Å². The summed E-state index contributed by atoms with van der Waals surface area (Å²) < 4.78 is 75.9. The first kappa shape index (κ1) is 19.4. The second-order valence-electron chi connectivity index (χ2n) is 4.28. The second kappa shape index (κ2) is 7.28. The molecule has 0 fully saturated rings. The molecular weight excluding hydrogens is 352 g/mol. The number of halogens is 7. The molecule has 0 aromatic carbocycles. The Balaban J connectivity index is 3.16. The number of alkyl halides is 6. The van der Waals surface area contributed by atoms with Crippen molar-refractivity contribution in [2.45, 2.75) is 45.1 Å². The molecule has 0 amide bonds. The summed E-state index contributed by atoms with van der Waals surface area (Å²) in [6.45, 7) is 2.48. The van der Waals surface area contributed by atoms with Crippen molar-refractivity contribution in [1.82, 2.24) is 15.0 Å². The molecule has 0 aliphatic rings. The summed E-state index contributed by atoms with van der Waals surface area (Å²) >= 11 is 5.50. The van der Waals surface area contributed by atoms with Crippen LogP contribution in [0.5, 0.6) is 0 Å². The lowest BCUT2D eigenvalue weighted by Crippen LogP contribution is -2.36. The Morgan fingerprint density at radius 1 is 1.13 bits per heavy atom. The summed E-state index contributed by atoms with van der Waals surface area (Å²) in [4.78, 5) is 13.4. The molecule has 0 radical (unpaired) electrons. The number of hydrogen-bond donors (Lipinski definition) is 1. The van der Waals surface area contributed by atoms with Crippen LogP contribution in [0.25, 0.3) is 0 Å². The molecule has 0 aliphatic carbocycles. The van der Waals surface area contributed by atoms with Crippen molar-refractivity contribution < 1.29 is 26.3 Å². The fourth-order valence-corrected chi connectivity index (χ4v) is 1.64. The lowest BCUT2D eigenvalue weighted by molar-refractivity contribution is -0.143. The molecule has 0 saturated heterocycles. The van der Waals surface area contributed by atoms with Crippen LogP contribution in [-0.2, 0) is 0 Å². The van der Waals surface area contributed by atoms with Gasteiger partial charge >= 0.3 is 12.4 Å². The van der Waals surface area contributed by atoms with Gasteiger partial charge in [-0.1, -0.05) is 13.8 Å². The number of aliphatic imine (C=N–C) groups is 1. The summed E-state index contributed by atoms with van der Waals surface area (Å²) in [5.74, 6) is -1.33. The minimum absolute atomic E-state index is 0.339. The zero-order chi connectivity index (χ0) is 17.8. The number of nitrogens with one attached hydrogen (secondary N) is 1. The van der Waals surface area contributed by atoms with Gasteiger partial charge in [0.25, 0.3) is 5.95 Å². The van der Waals surface area contributed by atoms with Gasteiger partial charge in [0.05, 0.1) is 0 Å². The average molecular weight is 364 g/mol. The van der Waals surface area contributed by atoms with Crippen LogP contribution in [0.3, 0.4) is 0 Å². The van der Waals surface area contributed by atoms with Crippen LogP contribution in [0.1, 0.15) is 26.7 Å². The average Bonchev–Trinajstić information content (AvgIpc) is 2.39. The van der Waals surface area contributed by atoms with E-state index in [1.54, 1.807) is 0 Å². The molecule has 0 spiro atoms. The van der Waals surface area contributed by atoms with Gasteiger partial charge in [0.2, 0.25) is 11.2 Å². The highest BCUT2D eigenvalue weighted by atomic mass is 35.5. The monoisotopic (exact) mass is 363 g/mol. The third kappa shape index (κ3) is 5.81. The van der Waals surface area contributed by atoms with Gasteiger partial charge in [-0.2, -0.15) is 41.3 Å². The molecular formula is C11H12ClF6N5. The second-order valence-corrected chi connectivity index (χ2v) is 4.62. The Morgan fingerprint density at radius 2 is 1.74 bits per heavy atom. The van der Waals surface area contributed by atoms with Crippen LogP contribution in [0.4, 0.5) is 38.2 Å². The highest BCUT2D eigenvalue weighted by Gasteiger charge is 2.39. The van der Waals surface area contributed by atoms with E-state index in [9.17, 15) is 26.3 Å². The Hall–Kier alpha value is -1.65. The van der Waals surface area contributed by atoms with E-state index in [0.717, 1.165) is 0 Å². The predicted octanol–water partition coefficient (Wildman–Crippen LogP) is 4.32. The highest BCUT2D eigenvalue weighted by Crippen LogP contribution is 2.26. The first-order valence-corrected chi connectivity index (χ1v) is 6.74. The number of aromatic nitrogens is 3. The van der Waals surface area contributed by atoms with Crippen LogP contribution in [-0.4, -0.2) is 39.1 Å². The molecule has 0 saturated carbocycles. The van der Waals surface area contributed by atoms with E-state index in [4.69, 9.17) is 11.6 Å². The summed E-state index contributed by atoms with van der Waals surface area (Å²) in [5.41, 5.74) is -1.19. The molecule has 0 unspecified atom stereocenters. The third-order valence-corrected chi connectivity index (χ3v) is 2.77. The quantitative estimate of drug-likeness (QED) is 0.625. The molecule has 1 aromatic rings. The third-order valence-electron chi connectivity index (χ3n) is 2.60.